The summed E-state index contributed by atoms with van der Waals surface area (Å²) in [6.45, 7) is 6.95. The molecule has 0 spiro atoms. The molecular formula is C12H27N3O2. The Morgan fingerprint density at radius 1 is 1.41 bits per heavy atom. The van der Waals surface area contributed by atoms with Crippen molar-refractivity contribution >= 4 is 5.91 Å². The molecule has 1 amide bonds. The molecular weight excluding hydrogens is 218 g/mol. The van der Waals surface area contributed by atoms with E-state index in [-0.39, 0.29) is 24.0 Å². The van der Waals surface area contributed by atoms with Crippen LogP contribution in [-0.4, -0.2) is 37.7 Å². The van der Waals surface area contributed by atoms with Crippen molar-refractivity contribution in [1.29, 1.82) is 0 Å². The maximum absolute atomic E-state index is 11.8. The number of ether oxygens (including phenoxy) is 1. The number of hydrogen-bond acceptors (Lipinski definition) is 4. The zero-order valence-electron chi connectivity index (χ0n) is 11.5. The van der Waals surface area contributed by atoms with Crippen molar-refractivity contribution in [2.75, 3.05) is 20.2 Å². The van der Waals surface area contributed by atoms with E-state index >= 15 is 0 Å². The van der Waals surface area contributed by atoms with Crippen LogP contribution in [0.2, 0.25) is 0 Å². The summed E-state index contributed by atoms with van der Waals surface area (Å²) in [5.74, 6) is 0.424. The highest BCUT2D eigenvalue weighted by molar-refractivity contribution is 5.77. The predicted molar refractivity (Wildman–Crippen MR) is 69.5 cm³/mol. The first-order chi connectivity index (χ1) is 7.86. The Balaban J connectivity index is 4.32. The van der Waals surface area contributed by atoms with E-state index in [0.29, 0.717) is 19.0 Å². The lowest BCUT2D eigenvalue weighted by molar-refractivity contribution is -0.125. The Morgan fingerprint density at radius 3 is 2.35 bits per heavy atom. The minimum Gasteiger partial charge on any atom is -0.380 e. The number of carbonyl (C=O) groups is 1. The van der Waals surface area contributed by atoms with Gasteiger partial charge in [0, 0.05) is 25.7 Å². The maximum Gasteiger partial charge on any atom is 0.223 e. The van der Waals surface area contributed by atoms with Gasteiger partial charge in [-0.3, -0.25) is 4.79 Å². The minimum atomic E-state index is -0.349. The summed E-state index contributed by atoms with van der Waals surface area (Å²) in [6, 6.07) is 0. The number of methoxy groups -OCH3 is 1. The molecule has 0 heterocycles. The van der Waals surface area contributed by atoms with Gasteiger partial charge in [0.2, 0.25) is 5.91 Å². The van der Waals surface area contributed by atoms with E-state index in [1.165, 1.54) is 0 Å². The van der Waals surface area contributed by atoms with Crippen molar-refractivity contribution in [2.45, 2.75) is 45.3 Å². The molecule has 0 bridgehead atoms. The van der Waals surface area contributed by atoms with Gasteiger partial charge in [0.1, 0.15) is 0 Å². The van der Waals surface area contributed by atoms with Gasteiger partial charge in [-0.15, -0.1) is 0 Å². The van der Waals surface area contributed by atoms with Crippen LogP contribution in [0.1, 0.15) is 33.6 Å². The summed E-state index contributed by atoms with van der Waals surface area (Å²) < 4.78 is 5.08. The molecule has 5 nitrogen and oxygen atoms in total. The molecule has 0 fully saturated rings. The Kier molecular flexibility index (Phi) is 7.34. The molecule has 2 unspecified atom stereocenters. The zero-order valence-corrected chi connectivity index (χ0v) is 11.5. The first-order valence-electron chi connectivity index (χ1n) is 6.10. The quantitative estimate of drug-likeness (QED) is 0.571. The molecule has 0 radical (unpaired) electrons. The summed E-state index contributed by atoms with van der Waals surface area (Å²) in [5, 5.41) is 2.97. The fourth-order valence-electron chi connectivity index (χ4n) is 1.94. The van der Waals surface area contributed by atoms with Crippen molar-refractivity contribution in [3.8, 4) is 0 Å². The third-order valence-corrected chi connectivity index (χ3v) is 2.76. The summed E-state index contributed by atoms with van der Waals surface area (Å²) >= 11 is 0. The highest BCUT2D eigenvalue weighted by Crippen LogP contribution is 2.15. The predicted octanol–water partition coefficient (Wildman–Crippen LogP) is 0.230. The van der Waals surface area contributed by atoms with Crippen LogP contribution in [0.25, 0.3) is 0 Å². The molecule has 102 valence electrons. The molecule has 0 aliphatic carbocycles. The first kappa shape index (κ1) is 16.4. The molecule has 0 aliphatic heterocycles. The van der Waals surface area contributed by atoms with Crippen LogP contribution in [0.3, 0.4) is 0 Å². The molecule has 2 atom stereocenters. The molecule has 5 N–H and O–H groups in total. The Morgan fingerprint density at radius 2 is 2.00 bits per heavy atom. The van der Waals surface area contributed by atoms with Crippen LogP contribution in [-0.2, 0) is 9.53 Å². The molecule has 0 aromatic carbocycles. The van der Waals surface area contributed by atoms with Crippen LogP contribution in [0, 0.1) is 5.92 Å². The average molecular weight is 245 g/mol. The second kappa shape index (κ2) is 7.63. The topological polar surface area (TPSA) is 90.4 Å². The number of amides is 1. The van der Waals surface area contributed by atoms with Crippen LogP contribution in [0.5, 0.6) is 0 Å². The average Bonchev–Trinajstić information content (AvgIpc) is 2.24. The van der Waals surface area contributed by atoms with Crippen molar-refractivity contribution in [3.05, 3.63) is 0 Å². The van der Waals surface area contributed by atoms with E-state index in [1.54, 1.807) is 7.11 Å². The van der Waals surface area contributed by atoms with Gasteiger partial charge < -0.3 is 21.5 Å². The summed E-state index contributed by atoms with van der Waals surface area (Å²) in [4.78, 5) is 11.8. The van der Waals surface area contributed by atoms with Crippen LogP contribution >= 0.6 is 0 Å². The minimum absolute atomic E-state index is 0.0594. The summed E-state index contributed by atoms with van der Waals surface area (Å²) in [5.41, 5.74) is 10.9. The Hall–Kier alpha value is -0.650. The number of nitrogens with one attached hydrogen (secondary N) is 1. The Bertz CT molecular complexity index is 230. The van der Waals surface area contributed by atoms with E-state index in [1.807, 2.05) is 6.92 Å². The normalized spacial score (nSPS) is 16.6. The number of nitrogens with two attached hydrogens (primary N) is 2. The zero-order chi connectivity index (χ0) is 13.5. The molecule has 0 aromatic heterocycles. The number of hydrogen-bond donors (Lipinski definition) is 3. The van der Waals surface area contributed by atoms with Crippen molar-refractivity contribution in [1.82, 2.24) is 5.32 Å². The Labute approximate surface area is 104 Å². The summed E-state index contributed by atoms with van der Waals surface area (Å²) in [6.07, 6.45) is 0.909. The van der Waals surface area contributed by atoms with Crippen LogP contribution in [0.4, 0.5) is 0 Å². The largest absolute Gasteiger partial charge is 0.380 e. The SMILES string of the molecule is COC(CN)CC(=O)NC(C)(CN)CC(C)C. The first-order valence-corrected chi connectivity index (χ1v) is 6.10. The van der Waals surface area contributed by atoms with Crippen molar-refractivity contribution in [3.63, 3.8) is 0 Å². The van der Waals surface area contributed by atoms with Gasteiger partial charge in [-0.2, -0.15) is 0 Å². The standard InChI is InChI=1S/C12H27N3O2/c1-9(2)6-12(3,8-14)15-11(16)5-10(7-13)17-4/h9-10H,5-8,13-14H2,1-4H3,(H,15,16). The highest BCUT2D eigenvalue weighted by Gasteiger charge is 2.26. The van der Waals surface area contributed by atoms with Gasteiger partial charge in [-0.05, 0) is 19.3 Å². The fraction of sp³-hybridized carbons (Fsp3) is 0.917. The van der Waals surface area contributed by atoms with Crippen molar-refractivity contribution < 1.29 is 9.53 Å². The van der Waals surface area contributed by atoms with Gasteiger partial charge in [0.15, 0.2) is 0 Å². The number of carbonyl (C=O) groups excluding carboxylic acids is 1. The highest BCUT2D eigenvalue weighted by atomic mass is 16.5. The van der Waals surface area contributed by atoms with Gasteiger partial charge in [0.25, 0.3) is 0 Å². The van der Waals surface area contributed by atoms with E-state index in [0.717, 1.165) is 6.42 Å². The van der Waals surface area contributed by atoms with E-state index < -0.39 is 0 Å². The van der Waals surface area contributed by atoms with Gasteiger partial charge in [0.05, 0.1) is 12.5 Å². The van der Waals surface area contributed by atoms with Crippen molar-refractivity contribution in [2.24, 2.45) is 17.4 Å². The molecule has 5 heteroatoms. The maximum atomic E-state index is 11.8. The molecule has 0 saturated carbocycles. The molecule has 0 rings (SSSR count). The van der Waals surface area contributed by atoms with E-state index in [2.05, 4.69) is 19.2 Å². The lowest BCUT2D eigenvalue weighted by atomic mass is 9.90. The lowest BCUT2D eigenvalue weighted by Gasteiger charge is -2.31. The van der Waals surface area contributed by atoms with Gasteiger partial charge in [-0.1, -0.05) is 13.8 Å². The number of rotatable bonds is 8. The smallest absolute Gasteiger partial charge is 0.223 e. The van der Waals surface area contributed by atoms with Gasteiger partial charge in [-0.25, -0.2) is 0 Å². The second-order valence-corrected chi connectivity index (χ2v) is 5.21. The van der Waals surface area contributed by atoms with Crippen LogP contribution < -0.4 is 16.8 Å². The third kappa shape index (κ3) is 6.61. The fourth-order valence-corrected chi connectivity index (χ4v) is 1.94. The van der Waals surface area contributed by atoms with E-state index in [4.69, 9.17) is 16.2 Å². The van der Waals surface area contributed by atoms with Gasteiger partial charge >= 0.3 is 0 Å². The van der Waals surface area contributed by atoms with E-state index in [9.17, 15) is 4.79 Å². The molecule has 0 aliphatic rings. The van der Waals surface area contributed by atoms with Crippen LogP contribution in [0.15, 0.2) is 0 Å². The monoisotopic (exact) mass is 245 g/mol. The molecule has 0 aromatic rings. The second-order valence-electron chi connectivity index (χ2n) is 5.21. The summed E-state index contributed by atoms with van der Waals surface area (Å²) in [7, 11) is 1.56. The molecule has 17 heavy (non-hydrogen) atoms. The molecule has 0 saturated heterocycles. The lowest BCUT2D eigenvalue weighted by Crippen LogP contribution is -2.53. The third-order valence-electron chi connectivity index (χ3n) is 2.76.